The number of imide groups is 1. The van der Waals surface area contributed by atoms with E-state index in [1.165, 1.54) is 6.92 Å². The van der Waals surface area contributed by atoms with Crippen molar-refractivity contribution in [3.8, 4) is 0 Å². The average molecular weight is 401 g/mol. The van der Waals surface area contributed by atoms with Crippen molar-refractivity contribution in [3.63, 3.8) is 0 Å². The Kier molecular flexibility index (Phi) is 5.91. The highest BCUT2D eigenvalue weighted by atomic mass is 32.2. The van der Waals surface area contributed by atoms with Crippen LogP contribution in [0.15, 0.2) is 42.5 Å². The molecule has 2 amide bonds. The molecular formula is C22H26NO4S+. The van der Waals surface area contributed by atoms with Crippen molar-refractivity contribution in [2.45, 2.75) is 39.2 Å². The second kappa shape index (κ2) is 8.05. The van der Waals surface area contributed by atoms with E-state index in [9.17, 15) is 19.5 Å². The van der Waals surface area contributed by atoms with Gasteiger partial charge >= 0.3 is 12.0 Å². The van der Waals surface area contributed by atoms with Gasteiger partial charge in [0.25, 0.3) is 0 Å². The summed E-state index contributed by atoms with van der Waals surface area (Å²) in [7, 11) is 0. The zero-order chi connectivity index (χ0) is 20.5. The van der Waals surface area contributed by atoms with Gasteiger partial charge in [0.05, 0.1) is 5.92 Å². The molecule has 1 heterocycles. The molecule has 0 saturated carbocycles. The molecule has 6 heteroatoms. The summed E-state index contributed by atoms with van der Waals surface area (Å²) in [5.41, 5.74) is 1.10. The standard InChI is InChI=1S/C22H25NO4S/c1-14(13-28-16(3)24)21(25)23(22(26)27)12-18(11-15(23)2)20-10-6-8-17-7-4-5-9-19(17)20/h4-10,14-15,18H,11-13H2,1-3H3/p+1/t14?,15?,18-,23-/m0/s1. The number of likely N-dealkylation sites (tertiary alicyclic amines) is 1. The predicted octanol–water partition coefficient (Wildman–Crippen LogP) is 4.65. The summed E-state index contributed by atoms with van der Waals surface area (Å²) >= 11 is 1.07. The number of thioether (sulfide) groups is 1. The number of nitrogens with zero attached hydrogens (tertiary/aromatic N) is 1. The molecule has 1 saturated heterocycles. The van der Waals surface area contributed by atoms with Gasteiger partial charge in [0.2, 0.25) is 0 Å². The first-order chi connectivity index (χ1) is 13.3. The van der Waals surface area contributed by atoms with Crippen molar-refractivity contribution >= 4 is 39.7 Å². The fourth-order valence-corrected chi connectivity index (χ4v) is 5.03. The summed E-state index contributed by atoms with van der Waals surface area (Å²) in [5, 5.41) is 12.2. The molecule has 0 radical (unpaired) electrons. The molecule has 4 atom stereocenters. The van der Waals surface area contributed by atoms with Gasteiger partial charge in [0, 0.05) is 25.0 Å². The summed E-state index contributed by atoms with van der Waals surface area (Å²) in [6.45, 7) is 5.28. The molecule has 3 rings (SSSR count). The largest absolute Gasteiger partial charge is 0.521 e. The molecule has 2 aromatic rings. The number of carbonyl (C=O) groups is 3. The van der Waals surface area contributed by atoms with Crippen LogP contribution < -0.4 is 0 Å². The topological polar surface area (TPSA) is 71.4 Å². The van der Waals surface area contributed by atoms with E-state index in [4.69, 9.17) is 0 Å². The van der Waals surface area contributed by atoms with Crippen LogP contribution in [0.1, 0.15) is 38.7 Å². The van der Waals surface area contributed by atoms with Gasteiger partial charge in [0.15, 0.2) is 5.12 Å². The van der Waals surface area contributed by atoms with Gasteiger partial charge in [-0.25, -0.2) is 4.79 Å². The van der Waals surface area contributed by atoms with E-state index >= 15 is 0 Å². The van der Waals surface area contributed by atoms with E-state index in [0.717, 1.165) is 28.1 Å². The van der Waals surface area contributed by atoms with Crippen molar-refractivity contribution < 1.29 is 24.0 Å². The predicted molar refractivity (Wildman–Crippen MR) is 111 cm³/mol. The number of fused-ring (bicyclic) bond motifs is 1. The van der Waals surface area contributed by atoms with Crippen LogP contribution in [0.5, 0.6) is 0 Å². The average Bonchev–Trinajstić information content (AvgIpc) is 3.03. The maximum Gasteiger partial charge on any atom is 0.521 e. The van der Waals surface area contributed by atoms with Gasteiger partial charge in [-0.3, -0.25) is 4.79 Å². The summed E-state index contributed by atoms with van der Waals surface area (Å²) in [4.78, 5) is 36.8. The number of benzene rings is 2. The highest BCUT2D eigenvalue weighted by Crippen LogP contribution is 2.41. The number of hydrogen-bond donors (Lipinski definition) is 1. The second-order valence-corrected chi connectivity index (χ2v) is 8.92. The van der Waals surface area contributed by atoms with Crippen LogP contribution in [-0.2, 0) is 9.59 Å². The quantitative estimate of drug-likeness (QED) is 0.756. The molecule has 28 heavy (non-hydrogen) atoms. The molecule has 148 valence electrons. The van der Waals surface area contributed by atoms with E-state index in [-0.39, 0.29) is 29.5 Å². The lowest BCUT2D eigenvalue weighted by atomic mass is 9.92. The molecule has 2 unspecified atom stereocenters. The van der Waals surface area contributed by atoms with E-state index in [0.29, 0.717) is 12.2 Å². The Morgan fingerprint density at radius 3 is 2.54 bits per heavy atom. The van der Waals surface area contributed by atoms with Crippen LogP contribution >= 0.6 is 11.8 Å². The fourth-order valence-electron chi connectivity index (χ4n) is 4.40. The number of hydrogen-bond acceptors (Lipinski definition) is 4. The van der Waals surface area contributed by atoms with Crippen LogP contribution in [0.2, 0.25) is 0 Å². The normalized spacial score (nSPS) is 25.5. The maximum atomic E-state index is 13.2. The minimum atomic E-state index is -1.10. The number of carbonyl (C=O) groups excluding carboxylic acids is 2. The first kappa shape index (κ1) is 20.6. The van der Waals surface area contributed by atoms with E-state index in [1.807, 2.05) is 43.3 Å². The number of rotatable bonds is 4. The molecule has 5 nitrogen and oxygen atoms in total. The third-order valence-corrected chi connectivity index (χ3v) is 6.92. The van der Waals surface area contributed by atoms with Gasteiger partial charge in [-0.1, -0.05) is 54.2 Å². The molecule has 2 aromatic carbocycles. The van der Waals surface area contributed by atoms with Gasteiger partial charge in [0.1, 0.15) is 12.6 Å². The van der Waals surface area contributed by atoms with Gasteiger partial charge < -0.3 is 5.11 Å². The molecular weight excluding hydrogens is 374 g/mol. The Balaban J connectivity index is 1.95. The lowest BCUT2D eigenvalue weighted by molar-refractivity contribution is -0.794. The van der Waals surface area contributed by atoms with Crippen molar-refractivity contribution in [1.82, 2.24) is 0 Å². The minimum absolute atomic E-state index is 0.00573. The Morgan fingerprint density at radius 2 is 1.86 bits per heavy atom. The lowest BCUT2D eigenvalue weighted by Crippen LogP contribution is -2.60. The Hall–Kier alpha value is -2.18. The van der Waals surface area contributed by atoms with Crippen LogP contribution in [0.4, 0.5) is 4.79 Å². The van der Waals surface area contributed by atoms with Crippen LogP contribution in [0, 0.1) is 5.92 Å². The molecule has 1 aliphatic heterocycles. The van der Waals surface area contributed by atoms with Gasteiger partial charge in [-0.05, 0) is 30.2 Å². The van der Waals surface area contributed by atoms with Gasteiger partial charge in [-0.2, -0.15) is 9.28 Å². The van der Waals surface area contributed by atoms with Crippen LogP contribution in [0.25, 0.3) is 10.8 Å². The monoisotopic (exact) mass is 400 g/mol. The Bertz CT molecular complexity index is 922. The van der Waals surface area contributed by atoms with Crippen molar-refractivity contribution in [2.24, 2.45) is 5.92 Å². The van der Waals surface area contributed by atoms with Crippen LogP contribution in [0.3, 0.4) is 0 Å². The number of quaternary nitrogens is 1. The molecule has 0 aromatic heterocycles. The summed E-state index contributed by atoms with van der Waals surface area (Å²) in [5.74, 6) is -0.503. The zero-order valence-electron chi connectivity index (χ0n) is 16.4. The zero-order valence-corrected chi connectivity index (χ0v) is 17.2. The summed E-state index contributed by atoms with van der Waals surface area (Å²) in [6, 6.07) is 13.8. The van der Waals surface area contributed by atoms with E-state index in [1.54, 1.807) is 6.92 Å². The third-order valence-electron chi connectivity index (χ3n) is 5.84. The SMILES string of the molecule is CC(=O)SCC(C)C(=O)[N@+]1(C(=O)O)C[C@@H](c2cccc3ccccc23)CC1C. The lowest BCUT2D eigenvalue weighted by Gasteiger charge is -2.32. The van der Waals surface area contributed by atoms with Crippen molar-refractivity contribution in [3.05, 3.63) is 48.0 Å². The molecule has 1 fully saturated rings. The molecule has 1 N–H and O–H groups in total. The summed E-state index contributed by atoms with van der Waals surface area (Å²) < 4.78 is -0.562. The first-order valence-electron chi connectivity index (χ1n) is 9.54. The van der Waals surface area contributed by atoms with E-state index < -0.39 is 16.5 Å². The summed E-state index contributed by atoms with van der Waals surface area (Å²) in [6.07, 6.45) is -0.460. The Labute approximate surface area is 169 Å². The number of carboxylic acid groups (broad SMARTS) is 1. The molecule has 0 aliphatic carbocycles. The van der Waals surface area contributed by atoms with Crippen molar-refractivity contribution in [1.29, 1.82) is 0 Å². The highest BCUT2D eigenvalue weighted by Gasteiger charge is 2.57. The Morgan fingerprint density at radius 1 is 1.18 bits per heavy atom. The van der Waals surface area contributed by atoms with Crippen LogP contribution in [-0.4, -0.2) is 45.0 Å². The fraction of sp³-hybridized carbons (Fsp3) is 0.409. The third kappa shape index (κ3) is 3.59. The molecule has 1 aliphatic rings. The maximum absolute atomic E-state index is 13.2. The molecule has 0 bridgehead atoms. The molecule has 0 spiro atoms. The smallest absolute Gasteiger partial charge is 0.435 e. The van der Waals surface area contributed by atoms with E-state index in [2.05, 4.69) is 6.07 Å². The first-order valence-corrected chi connectivity index (χ1v) is 10.5. The minimum Gasteiger partial charge on any atom is -0.435 e. The van der Waals surface area contributed by atoms with Gasteiger partial charge in [-0.15, -0.1) is 0 Å². The number of amides is 2. The van der Waals surface area contributed by atoms with Crippen molar-refractivity contribution in [2.75, 3.05) is 12.3 Å². The second-order valence-electron chi connectivity index (χ2n) is 7.73. The highest BCUT2D eigenvalue weighted by molar-refractivity contribution is 8.13.